The highest BCUT2D eigenvalue weighted by molar-refractivity contribution is 7.60. The number of rotatable bonds is 14. The zero-order chi connectivity index (χ0) is 38.5. The normalized spacial score (nSPS) is 28.3. The number of nitrogens with two attached hydrogens (primary N) is 3. The van der Waals surface area contributed by atoms with Gasteiger partial charge in [-0.25, -0.2) is 23.8 Å². The molecule has 10 atom stereocenters. The number of amides is 1. The van der Waals surface area contributed by atoms with E-state index in [1.807, 2.05) is 0 Å². The van der Waals surface area contributed by atoms with Crippen molar-refractivity contribution in [1.29, 1.82) is 0 Å². The number of nitrogen functional groups attached to an aromatic ring is 2. The first-order chi connectivity index (χ1) is 24.4. The number of hydrogen-bond acceptors (Lipinski definition) is 19. The van der Waals surface area contributed by atoms with Crippen LogP contribution in [0.25, 0.3) is 11.2 Å². The molecule has 0 spiro atoms. The van der Waals surface area contributed by atoms with Crippen LogP contribution in [-0.2, 0) is 32.0 Å². The highest BCUT2D eigenvalue weighted by Gasteiger charge is 2.49. The van der Waals surface area contributed by atoms with Crippen molar-refractivity contribution in [3.63, 3.8) is 0 Å². The van der Waals surface area contributed by atoms with E-state index in [0.717, 1.165) is 10.9 Å². The van der Waals surface area contributed by atoms with Gasteiger partial charge in [-0.05, 0) is 25.7 Å². The number of aliphatic hydroxyl groups is 4. The Kier molecular flexibility index (Phi) is 13.8. The van der Waals surface area contributed by atoms with E-state index in [9.17, 15) is 44.1 Å². The van der Waals surface area contributed by atoms with Gasteiger partial charge in [0.15, 0.2) is 41.7 Å². The standard InChI is InChI=1S/C21H28N8O14P2.C6H15N/c22-16-11-18(26-7-25-16)29(21(24)27-11)20-15(33)13(31)10(42-20)6-40-45(37,38)43-44(35,36)39-5-9-12(30)14(32)19(41-9)28-3-1-2-8(4-28)17(23)34;1-4-7(5-2)6-3/h1-4,7,9-10,12-15,19-20,30-33H,5-6H2,(H7-,22,23,24,25,26,27,34,35,36,37,38);4-6H2,1-3H3/t9-,10-,12-,13-,14-,15-,19-,20-;/m1./s1. The number of aliphatic hydroxyl groups excluding tert-OH is 4. The third kappa shape index (κ3) is 9.64. The minimum absolute atomic E-state index is 0.0279. The molecule has 3 aromatic rings. The highest BCUT2D eigenvalue weighted by Crippen LogP contribution is 2.58. The number of carbonyl (C=O) groups excluding carboxylic acids is 1. The fourth-order valence-corrected chi connectivity index (χ4v) is 7.41. The number of fused-ring (bicyclic) bond motifs is 1. The summed E-state index contributed by atoms with van der Waals surface area (Å²) in [6, 6.07) is 2.81. The first kappa shape index (κ1) is 41.5. The van der Waals surface area contributed by atoms with Crippen LogP contribution in [0, 0.1) is 0 Å². The van der Waals surface area contributed by atoms with Gasteiger partial charge >= 0.3 is 7.82 Å². The third-order valence-corrected chi connectivity index (χ3v) is 10.8. The fraction of sp³-hybridized carbons (Fsp3) is 0.593. The summed E-state index contributed by atoms with van der Waals surface area (Å²) in [5.41, 5.74) is 17.1. The number of phosphoric acid groups is 2. The zero-order valence-corrected chi connectivity index (χ0v) is 30.1. The summed E-state index contributed by atoms with van der Waals surface area (Å²) in [6.45, 7) is 8.18. The third-order valence-electron chi connectivity index (χ3n) is 8.21. The van der Waals surface area contributed by atoms with Crippen LogP contribution in [-0.4, -0.2) is 125 Å². The van der Waals surface area contributed by atoms with Crippen molar-refractivity contribution in [3.05, 3.63) is 36.4 Å². The lowest BCUT2D eigenvalue weighted by atomic mass is 10.1. The number of hydrogen-bond donors (Lipinski definition) is 8. The maximum atomic E-state index is 12.4. The number of aromatic nitrogens is 5. The first-order valence-electron chi connectivity index (χ1n) is 15.9. The topological polar surface area (TPSA) is 350 Å². The van der Waals surface area contributed by atoms with E-state index >= 15 is 0 Å². The van der Waals surface area contributed by atoms with E-state index in [2.05, 4.69) is 54.0 Å². The van der Waals surface area contributed by atoms with Gasteiger partial charge in [-0.1, -0.05) is 20.8 Å². The fourth-order valence-electron chi connectivity index (χ4n) is 5.36. The zero-order valence-electron chi connectivity index (χ0n) is 28.3. The number of phosphoric ester groups is 2. The Labute approximate surface area is 296 Å². The molecule has 2 unspecified atom stereocenters. The molecule has 23 nitrogen and oxygen atoms in total. The molecule has 0 saturated carbocycles. The second kappa shape index (κ2) is 17.3. The average Bonchev–Trinajstić information content (AvgIpc) is 3.69. The van der Waals surface area contributed by atoms with Crippen LogP contribution in [0.3, 0.4) is 0 Å². The molecule has 2 saturated heterocycles. The second-order valence-corrected chi connectivity index (χ2v) is 14.5. The van der Waals surface area contributed by atoms with Crippen molar-refractivity contribution < 1.29 is 71.5 Å². The van der Waals surface area contributed by atoms with E-state index in [1.54, 1.807) is 0 Å². The molecule has 5 rings (SSSR count). The van der Waals surface area contributed by atoms with E-state index in [1.165, 1.54) is 48.7 Å². The molecule has 0 aliphatic carbocycles. The molecule has 0 radical (unpaired) electrons. The van der Waals surface area contributed by atoms with E-state index < -0.39 is 83.8 Å². The highest BCUT2D eigenvalue weighted by atomic mass is 31.3. The maximum absolute atomic E-state index is 12.4. The predicted molar refractivity (Wildman–Crippen MR) is 175 cm³/mol. The van der Waals surface area contributed by atoms with Gasteiger partial charge in [0.1, 0.15) is 42.4 Å². The summed E-state index contributed by atoms with van der Waals surface area (Å²) in [4.78, 5) is 47.9. The van der Waals surface area contributed by atoms with Crippen LogP contribution >= 0.6 is 15.6 Å². The molecule has 11 N–H and O–H groups in total. The summed E-state index contributed by atoms with van der Waals surface area (Å²) in [7, 11) is -11.1. The van der Waals surface area contributed by atoms with Crippen LogP contribution in [0.2, 0.25) is 0 Å². The van der Waals surface area contributed by atoms with Crippen LogP contribution in [0.4, 0.5) is 11.8 Å². The molecule has 52 heavy (non-hydrogen) atoms. The predicted octanol–water partition coefficient (Wildman–Crippen LogP) is -2.72. The number of imidazole rings is 1. The van der Waals surface area contributed by atoms with Crippen LogP contribution < -0.4 is 26.7 Å². The molecule has 290 valence electrons. The summed E-state index contributed by atoms with van der Waals surface area (Å²) >= 11 is 0. The van der Waals surface area contributed by atoms with Crippen LogP contribution in [0.5, 0.6) is 0 Å². The summed E-state index contributed by atoms with van der Waals surface area (Å²) in [6.07, 6.45) is -8.70. The summed E-state index contributed by atoms with van der Waals surface area (Å²) in [5.74, 6) is -1.02. The molecule has 1 amide bonds. The SMILES string of the molecule is CCN(CC)CC.NC(=O)c1ccc[n+]([C@@H]2O[C@H](COP(=O)([O-])OP(=O)(O)OC[C@H]3O[C@@H](n4c(N)nc5c(N)ncnc54)[C@H](O)[C@@H]3O)[C@@H](O)[C@H]2O)c1. The van der Waals surface area contributed by atoms with Gasteiger partial charge in [0, 0.05) is 6.07 Å². The van der Waals surface area contributed by atoms with Crippen molar-refractivity contribution in [2.45, 2.75) is 69.9 Å². The number of anilines is 2. The average molecular weight is 780 g/mol. The Morgan fingerprint density at radius 3 is 2.23 bits per heavy atom. The van der Waals surface area contributed by atoms with E-state index in [-0.39, 0.29) is 28.5 Å². The van der Waals surface area contributed by atoms with E-state index in [4.69, 9.17) is 26.7 Å². The Balaban J connectivity index is 0.000000785. The number of ether oxygens (including phenoxy) is 2. The van der Waals surface area contributed by atoms with Gasteiger partial charge in [0.25, 0.3) is 20.0 Å². The van der Waals surface area contributed by atoms with Gasteiger partial charge in [0.2, 0.25) is 5.95 Å². The van der Waals surface area contributed by atoms with Crippen LogP contribution in [0.15, 0.2) is 30.9 Å². The van der Waals surface area contributed by atoms with Crippen molar-refractivity contribution in [1.82, 2.24) is 24.4 Å². The minimum atomic E-state index is -5.64. The van der Waals surface area contributed by atoms with Gasteiger partial charge < -0.3 is 66.3 Å². The Hall–Kier alpha value is -3.25. The van der Waals surface area contributed by atoms with Gasteiger partial charge in [-0.3, -0.25) is 18.5 Å². The molecule has 2 aliphatic heterocycles. The quantitative estimate of drug-likeness (QED) is 0.0608. The molecule has 0 aromatic carbocycles. The van der Waals surface area contributed by atoms with Gasteiger partial charge in [0.05, 0.1) is 13.2 Å². The maximum Gasteiger partial charge on any atom is 0.478 e. The first-order valence-corrected chi connectivity index (χ1v) is 18.8. The molecule has 0 bridgehead atoms. The number of primary amides is 1. The lowest BCUT2D eigenvalue weighted by Gasteiger charge is -2.26. The number of carbonyl (C=O) groups is 1. The molecular formula is C27H43N9O14P2. The van der Waals surface area contributed by atoms with Crippen LogP contribution in [0.1, 0.15) is 43.6 Å². The van der Waals surface area contributed by atoms with Crippen molar-refractivity contribution in [3.8, 4) is 0 Å². The van der Waals surface area contributed by atoms with Gasteiger partial charge in [-0.15, -0.1) is 0 Å². The van der Waals surface area contributed by atoms with Crippen molar-refractivity contribution >= 4 is 44.5 Å². The summed E-state index contributed by atoms with van der Waals surface area (Å²) in [5, 5.41) is 41.7. The van der Waals surface area contributed by atoms with Crippen molar-refractivity contribution in [2.24, 2.45) is 5.73 Å². The smallest absolute Gasteiger partial charge is 0.478 e. The molecular weight excluding hydrogens is 736 g/mol. The molecule has 2 aliphatic rings. The monoisotopic (exact) mass is 779 g/mol. The second-order valence-electron chi connectivity index (χ2n) is 11.5. The summed E-state index contributed by atoms with van der Waals surface area (Å²) < 4.78 is 51.4. The Morgan fingerprint density at radius 1 is 1.00 bits per heavy atom. The largest absolute Gasteiger partial charge is 0.756 e. The lowest BCUT2D eigenvalue weighted by Crippen LogP contribution is -2.46. The van der Waals surface area contributed by atoms with E-state index in [0.29, 0.717) is 0 Å². The molecule has 25 heteroatoms. The van der Waals surface area contributed by atoms with Crippen molar-refractivity contribution in [2.75, 3.05) is 44.3 Å². The Bertz CT molecular complexity index is 1780. The Morgan fingerprint density at radius 2 is 1.62 bits per heavy atom. The molecule has 3 aromatic heterocycles. The molecule has 5 heterocycles. The van der Waals surface area contributed by atoms with Gasteiger partial charge in [-0.2, -0.15) is 4.57 Å². The molecule has 2 fully saturated rings. The number of nitrogens with zero attached hydrogens (tertiary/aromatic N) is 6. The number of pyridine rings is 1. The lowest BCUT2D eigenvalue weighted by molar-refractivity contribution is -0.765. The minimum Gasteiger partial charge on any atom is -0.756 e.